The monoisotopic (exact) mass is 298 g/mol. The van der Waals surface area contributed by atoms with E-state index in [1.54, 1.807) is 6.07 Å². The first-order chi connectivity index (χ1) is 10.8. The number of H-pyrrole nitrogens is 1. The van der Waals surface area contributed by atoms with Crippen LogP contribution in [0.1, 0.15) is 11.1 Å². The molecule has 2 aromatic carbocycles. The molecule has 0 spiro atoms. The molecule has 2 N–H and O–H groups in total. The third-order valence-electron chi connectivity index (χ3n) is 3.71. The zero-order valence-electron chi connectivity index (χ0n) is 12.5. The molecular weight excluding hydrogens is 279 g/mol. The first-order valence-corrected chi connectivity index (χ1v) is 7.39. The van der Waals surface area contributed by atoms with E-state index in [1.165, 1.54) is 6.07 Å². The predicted octanol–water partition coefficient (Wildman–Crippen LogP) is 3.65. The molecular formula is C18H19FN2O. The zero-order valence-corrected chi connectivity index (χ0v) is 12.5. The largest absolute Gasteiger partial charge is 0.488 e. The summed E-state index contributed by atoms with van der Waals surface area (Å²) < 4.78 is 19.9. The lowest BCUT2D eigenvalue weighted by molar-refractivity contribution is 0.309. The molecule has 22 heavy (non-hydrogen) atoms. The van der Waals surface area contributed by atoms with Gasteiger partial charge in [0, 0.05) is 11.6 Å². The summed E-state index contributed by atoms with van der Waals surface area (Å²) in [4.78, 5) is 3.02. The van der Waals surface area contributed by atoms with Crippen LogP contribution in [-0.4, -0.2) is 18.6 Å². The fourth-order valence-electron chi connectivity index (χ4n) is 2.56. The number of hydrogen-bond acceptors (Lipinski definition) is 2. The van der Waals surface area contributed by atoms with Crippen LogP contribution >= 0.6 is 0 Å². The molecule has 0 saturated heterocycles. The maximum atomic E-state index is 14.0. The number of nitrogens with one attached hydrogen (secondary N) is 2. The van der Waals surface area contributed by atoms with Crippen molar-refractivity contribution >= 4 is 10.9 Å². The van der Waals surface area contributed by atoms with E-state index in [0.717, 1.165) is 29.5 Å². The fourth-order valence-corrected chi connectivity index (χ4v) is 2.56. The number of likely N-dealkylation sites (N-methyl/N-ethyl adjacent to an activating group) is 1. The summed E-state index contributed by atoms with van der Waals surface area (Å²) in [6.45, 7) is 1.31. The lowest BCUT2D eigenvalue weighted by Crippen LogP contribution is -2.10. The van der Waals surface area contributed by atoms with E-state index >= 15 is 0 Å². The highest BCUT2D eigenvalue weighted by Crippen LogP contribution is 2.31. The second-order valence-corrected chi connectivity index (χ2v) is 5.24. The van der Waals surface area contributed by atoms with Crippen molar-refractivity contribution in [2.75, 3.05) is 13.6 Å². The maximum absolute atomic E-state index is 14.0. The van der Waals surface area contributed by atoms with Crippen molar-refractivity contribution in [3.8, 4) is 5.75 Å². The van der Waals surface area contributed by atoms with Crippen molar-refractivity contribution < 1.29 is 9.13 Å². The Bertz CT molecular complexity index is 752. The molecule has 0 aliphatic heterocycles. The minimum absolute atomic E-state index is 0.252. The Labute approximate surface area is 129 Å². The summed E-state index contributed by atoms with van der Waals surface area (Å²) in [6, 6.07) is 13.1. The molecule has 0 aliphatic rings. The number of halogens is 1. The molecule has 3 rings (SSSR count). The standard InChI is InChI=1S/C18H19FN2O/c1-20-10-9-14-11-21-18-15(19)7-8-16(17(14)18)22-12-13-5-3-2-4-6-13/h2-8,11,20-21H,9-10,12H2,1H3. The molecule has 1 heterocycles. The highest BCUT2D eigenvalue weighted by molar-refractivity contribution is 5.89. The van der Waals surface area contributed by atoms with Gasteiger partial charge in [-0.25, -0.2) is 4.39 Å². The van der Waals surface area contributed by atoms with Gasteiger partial charge in [-0.15, -0.1) is 0 Å². The highest BCUT2D eigenvalue weighted by Gasteiger charge is 2.13. The summed E-state index contributed by atoms with van der Waals surface area (Å²) in [5.41, 5.74) is 2.66. The van der Waals surface area contributed by atoms with Crippen molar-refractivity contribution in [3.05, 3.63) is 65.6 Å². The minimum Gasteiger partial charge on any atom is -0.488 e. The molecule has 0 aliphatic carbocycles. The van der Waals surface area contributed by atoms with Gasteiger partial charge in [-0.3, -0.25) is 0 Å². The van der Waals surface area contributed by atoms with Crippen LogP contribution in [0.3, 0.4) is 0 Å². The Balaban J connectivity index is 1.91. The molecule has 3 nitrogen and oxygen atoms in total. The van der Waals surface area contributed by atoms with Crippen molar-refractivity contribution in [3.63, 3.8) is 0 Å². The van der Waals surface area contributed by atoms with Crippen molar-refractivity contribution in [2.24, 2.45) is 0 Å². The van der Waals surface area contributed by atoms with Gasteiger partial charge in [0.05, 0.1) is 5.52 Å². The summed E-state index contributed by atoms with van der Waals surface area (Å²) in [5, 5.41) is 3.95. The first-order valence-electron chi connectivity index (χ1n) is 7.39. The van der Waals surface area contributed by atoms with Crippen LogP contribution in [0.2, 0.25) is 0 Å². The first kappa shape index (κ1) is 14.6. The predicted molar refractivity (Wildman–Crippen MR) is 86.7 cm³/mol. The molecule has 4 heteroatoms. The van der Waals surface area contributed by atoms with E-state index in [-0.39, 0.29) is 5.82 Å². The van der Waals surface area contributed by atoms with E-state index in [1.807, 2.05) is 43.6 Å². The molecule has 0 radical (unpaired) electrons. The van der Waals surface area contributed by atoms with Crippen LogP contribution in [0.5, 0.6) is 5.75 Å². The molecule has 0 bridgehead atoms. The third-order valence-corrected chi connectivity index (χ3v) is 3.71. The van der Waals surface area contributed by atoms with Gasteiger partial charge >= 0.3 is 0 Å². The molecule has 3 aromatic rings. The Morgan fingerprint density at radius 3 is 2.73 bits per heavy atom. The van der Waals surface area contributed by atoms with Crippen LogP contribution in [0.4, 0.5) is 4.39 Å². The van der Waals surface area contributed by atoms with Gasteiger partial charge in [-0.1, -0.05) is 30.3 Å². The van der Waals surface area contributed by atoms with E-state index in [2.05, 4.69) is 10.3 Å². The van der Waals surface area contributed by atoms with E-state index in [0.29, 0.717) is 17.9 Å². The quantitative estimate of drug-likeness (QED) is 0.729. The molecule has 0 saturated carbocycles. The maximum Gasteiger partial charge on any atom is 0.147 e. The molecule has 0 amide bonds. The van der Waals surface area contributed by atoms with Crippen molar-refractivity contribution in [1.82, 2.24) is 10.3 Å². The minimum atomic E-state index is -0.252. The van der Waals surface area contributed by atoms with Crippen LogP contribution in [0.15, 0.2) is 48.7 Å². The van der Waals surface area contributed by atoms with Gasteiger partial charge in [0.1, 0.15) is 18.2 Å². The molecule has 0 unspecified atom stereocenters. The Hall–Kier alpha value is -2.33. The number of fused-ring (bicyclic) bond motifs is 1. The highest BCUT2D eigenvalue weighted by atomic mass is 19.1. The number of aromatic nitrogens is 1. The fraction of sp³-hybridized carbons (Fsp3) is 0.222. The van der Waals surface area contributed by atoms with Crippen LogP contribution < -0.4 is 10.1 Å². The summed E-state index contributed by atoms with van der Waals surface area (Å²) >= 11 is 0. The second-order valence-electron chi connectivity index (χ2n) is 5.24. The van der Waals surface area contributed by atoms with E-state index in [4.69, 9.17) is 4.74 Å². The lowest BCUT2D eigenvalue weighted by atomic mass is 10.1. The number of ether oxygens (including phenoxy) is 1. The smallest absolute Gasteiger partial charge is 0.147 e. The summed E-state index contributed by atoms with van der Waals surface area (Å²) in [6.07, 6.45) is 2.68. The topological polar surface area (TPSA) is 37.0 Å². The van der Waals surface area contributed by atoms with Crippen molar-refractivity contribution in [2.45, 2.75) is 13.0 Å². The number of benzene rings is 2. The summed E-state index contributed by atoms with van der Waals surface area (Å²) in [7, 11) is 1.91. The van der Waals surface area contributed by atoms with E-state index < -0.39 is 0 Å². The summed E-state index contributed by atoms with van der Waals surface area (Å²) in [5.74, 6) is 0.463. The average Bonchev–Trinajstić information content (AvgIpc) is 2.98. The second kappa shape index (κ2) is 6.62. The number of hydrogen-bond donors (Lipinski definition) is 2. The van der Waals surface area contributed by atoms with Crippen LogP contribution in [0, 0.1) is 5.82 Å². The van der Waals surface area contributed by atoms with Gasteiger partial charge < -0.3 is 15.0 Å². The van der Waals surface area contributed by atoms with Crippen LogP contribution in [0.25, 0.3) is 10.9 Å². The van der Waals surface area contributed by atoms with Gasteiger partial charge in [0.25, 0.3) is 0 Å². The SMILES string of the molecule is CNCCc1c[nH]c2c(F)ccc(OCc3ccccc3)c12. The zero-order chi connectivity index (χ0) is 15.4. The Morgan fingerprint density at radius 2 is 1.95 bits per heavy atom. The normalized spacial score (nSPS) is 11.0. The number of rotatable bonds is 6. The molecule has 1 aromatic heterocycles. The van der Waals surface area contributed by atoms with Gasteiger partial charge in [0.2, 0.25) is 0 Å². The molecule has 114 valence electrons. The Kier molecular flexibility index (Phi) is 4.39. The molecule has 0 atom stereocenters. The number of aromatic amines is 1. The van der Waals surface area contributed by atoms with Gasteiger partial charge in [-0.2, -0.15) is 0 Å². The van der Waals surface area contributed by atoms with Crippen molar-refractivity contribution in [1.29, 1.82) is 0 Å². The van der Waals surface area contributed by atoms with E-state index in [9.17, 15) is 4.39 Å². The van der Waals surface area contributed by atoms with Crippen LogP contribution in [-0.2, 0) is 13.0 Å². The lowest BCUT2D eigenvalue weighted by Gasteiger charge is -2.10. The third kappa shape index (κ3) is 2.97. The van der Waals surface area contributed by atoms with Gasteiger partial charge in [-0.05, 0) is 43.3 Å². The molecule has 0 fully saturated rings. The van der Waals surface area contributed by atoms with Gasteiger partial charge in [0.15, 0.2) is 0 Å². The average molecular weight is 298 g/mol. The Morgan fingerprint density at radius 1 is 1.14 bits per heavy atom.